The zero-order valence-corrected chi connectivity index (χ0v) is 12.8. The van der Waals surface area contributed by atoms with Gasteiger partial charge in [0.2, 0.25) is 0 Å². The lowest BCUT2D eigenvalue weighted by molar-refractivity contribution is 0.468. The van der Waals surface area contributed by atoms with Crippen molar-refractivity contribution in [3.8, 4) is 6.07 Å². The maximum Gasteiger partial charge on any atom is 0.123 e. The van der Waals surface area contributed by atoms with Gasteiger partial charge in [0.05, 0.1) is 18.2 Å². The quantitative estimate of drug-likeness (QED) is 0.887. The van der Waals surface area contributed by atoms with Gasteiger partial charge in [-0.3, -0.25) is 0 Å². The fraction of sp³-hybridized carbons (Fsp3) is 0.312. The van der Waals surface area contributed by atoms with E-state index in [1.54, 1.807) is 6.07 Å². The van der Waals surface area contributed by atoms with E-state index >= 15 is 0 Å². The maximum absolute atomic E-state index is 8.84. The van der Waals surface area contributed by atoms with Gasteiger partial charge in [-0.2, -0.15) is 5.26 Å². The van der Waals surface area contributed by atoms with Gasteiger partial charge in [0.1, 0.15) is 11.5 Å². The number of furan rings is 1. The van der Waals surface area contributed by atoms with E-state index in [9.17, 15) is 0 Å². The lowest BCUT2D eigenvalue weighted by Crippen LogP contribution is -1.99. The summed E-state index contributed by atoms with van der Waals surface area (Å²) >= 11 is 3.46. The van der Waals surface area contributed by atoms with Crippen molar-refractivity contribution in [3.05, 3.63) is 51.9 Å². The zero-order valence-electron chi connectivity index (χ0n) is 11.2. The Balaban J connectivity index is 1.64. The molecule has 1 aliphatic rings. The van der Waals surface area contributed by atoms with E-state index < -0.39 is 0 Å². The molecule has 20 heavy (non-hydrogen) atoms. The molecule has 1 N–H and O–H groups in total. The highest BCUT2D eigenvalue weighted by Crippen LogP contribution is 2.47. The fourth-order valence-electron chi connectivity index (χ4n) is 2.32. The van der Waals surface area contributed by atoms with Crippen molar-refractivity contribution >= 4 is 21.6 Å². The summed E-state index contributed by atoms with van der Waals surface area (Å²) in [6, 6.07) is 11.7. The van der Waals surface area contributed by atoms with E-state index in [-0.39, 0.29) is 0 Å². The first-order valence-corrected chi connectivity index (χ1v) is 7.49. The Kier molecular flexibility index (Phi) is 3.54. The first kappa shape index (κ1) is 13.3. The van der Waals surface area contributed by atoms with E-state index in [1.807, 2.05) is 18.2 Å². The van der Waals surface area contributed by atoms with Crippen molar-refractivity contribution in [2.24, 2.45) is 5.92 Å². The Morgan fingerprint density at radius 2 is 2.20 bits per heavy atom. The van der Waals surface area contributed by atoms with Crippen LogP contribution in [0, 0.1) is 17.2 Å². The minimum atomic E-state index is 0.616. The summed E-state index contributed by atoms with van der Waals surface area (Å²) in [6.07, 6.45) is 1.24. The Morgan fingerprint density at radius 1 is 1.40 bits per heavy atom. The second kappa shape index (κ2) is 5.34. The van der Waals surface area contributed by atoms with Crippen molar-refractivity contribution in [1.29, 1.82) is 5.26 Å². The van der Waals surface area contributed by atoms with E-state index in [4.69, 9.17) is 9.68 Å². The number of hydrogen-bond acceptors (Lipinski definition) is 3. The van der Waals surface area contributed by atoms with Gasteiger partial charge in [0.15, 0.2) is 0 Å². The average molecular weight is 331 g/mol. The van der Waals surface area contributed by atoms with Crippen LogP contribution in [0.15, 0.2) is 39.2 Å². The number of nitrogens with zero attached hydrogens (tertiary/aromatic N) is 1. The minimum absolute atomic E-state index is 0.616. The highest BCUT2D eigenvalue weighted by Gasteiger charge is 2.36. The first-order valence-electron chi connectivity index (χ1n) is 6.69. The number of halogens is 1. The maximum atomic E-state index is 8.84. The number of hydrogen-bond donors (Lipinski definition) is 1. The number of nitriles is 1. The van der Waals surface area contributed by atoms with Crippen molar-refractivity contribution in [3.63, 3.8) is 0 Å². The molecule has 1 aliphatic carbocycles. The molecule has 2 aromatic rings. The standard InChI is InChI=1S/C16H15BrN2O/c1-10-6-13(10)16-5-3-12(20-16)9-19-15-4-2-11(8-18)7-14(15)17/h2-5,7,10,13,19H,6,9H2,1H3. The molecular weight excluding hydrogens is 316 g/mol. The molecule has 2 atom stereocenters. The van der Waals surface area contributed by atoms with Crippen LogP contribution in [0.1, 0.15) is 36.3 Å². The summed E-state index contributed by atoms with van der Waals surface area (Å²) < 4.78 is 6.74. The molecule has 102 valence electrons. The van der Waals surface area contributed by atoms with Crippen LogP contribution < -0.4 is 5.32 Å². The van der Waals surface area contributed by atoms with Crippen LogP contribution in [-0.4, -0.2) is 0 Å². The van der Waals surface area contributed by atoms with Gasteiger partial charge < -0.3 is 9.73 Å². The molecule has 1 aromatic heterocycles. The molecule has 3 rings (SSSR count). The predicted molar refractivity (Wildman–Crippen MR) is 81.4 cm³/mol. The first-order chi connectivity index (χ1) is 9.67. The second-order valence-electron chi connectivity index (χ2n) is 5.28. The monoisotopic (exact) mass is 330 g/mol. The molecule has 0 bridgehead atoms. The molecule has 0 aliphatic heterocycles. The molecule has 1 saturated carbocycles. The molecule has 0 radical (unpaired) electrons. The lowest BCUT2D eigenvalue weighted by atomic mass is 10.2. The van der Waals surface area contributed by atoms with Crippen LogP contribution >= 0.6 is 15.9 Å². The summed E-state index contributed by atoms with van der Waals surface area (Å²) in [5.41, 5.74) is 1.60. The van der Waals surface area contributed by atoms with E-state index in [1.165, 1.54) is 6.42 Å². The van der Waals surface area contributed by atoms with Crippen LogP contribution in [0.25, 0.3) is 0 Å². The summed E-state index contributed by atoms with van der Waals surface area (Å²) in [6.45, 7) is 2.89. The topological polar surface area (TPSA) is 49.0 Å². The SMILES string of the molecule is CC1CC1c1ccc(CNc2ccc(C#N)cc2Br)o1. The third kappa shape index (κ3) is 2.73. The van der Waals surface area contributed by atoms with Crippen molar-refractivity contribution < 1.29 is 4.42 Å². The van der Waals surface area contributed by atoms with Crippen LogP contribution in [0.4, 0.5) is 5.69 Å². The van der Waals surface area contributed by atoms with E-state index in [2.05, 4.69) is 40.3 Å². The molecule has 0 spiro atoms. The van der Waals surface area contributed by atoms with Crippen LogP contribution in [0.5, 0.6) is 0 Å². The lowest BCUT2D eigenvalue weighted by Gasteiger charge is -2.07. The highest BCUT2D eigenvalue weighted by molar-refractivity contribution is 9.10. The molecule has 0 saturated heterocycles. The Bertz CT molecular complexity index is 671. The summed E-state index contributed by atoms with van der Waals surface area (Å²) in [5, 5.41) is 12.2. The van der Waals surface area contributed by atoms with Crippen LogP contribution in [-0.2, 0) is 6.54 Å². The molecule has 1 heterocycles. The van der Waals surface area contributed by atoms with Gasteiger partial charge in [-0.15, -0.1) is 0 Å². The Labute approximate surface area is 126 Å². The third-order valence-electron chi connectivity index (χ3n) is 3.71. The highest BCUT2D eigenvalue weighted by atomic mass is 79.9. The molecule has 1 aromatic carbocycles. The molecule has 1 fully saturated rings. The zero-order chi connectivity index (χ0) is 14.1. The average Bonchev–Trinajstić information content (AvgIpc) is 3.00. The fourth-order valence-corrected chi connectivity index (χ4v) is 2.84. The predicted octanol–water partition coefficient (Wildman–Crippen LogP) is 4.65. The summed E-state index contributed by atoms with van der Waals surface area (Å²) in [4.78, 5) is 0. The molecule has 2 unspecified atom stereocenters. The van der Waals surface area contributed by atoms with E-state index in [0.29, 0.717) is 18.0 Å². The number of benzene rings is 1. The third-order valence-corrected chi connectivity index (χ3v) is 4.36. The van der Waals surface area contributed by atoms with Gasteiger partial charge in [-0.25, -0.2) is 0 Å². The van der Waals surface area contributed by atoms with Crippen molar-refractivity contribution in [1.82, 2.24) is 0 Å². The van der Waals surface area contributed by atoms with Gasteiger partial charge in [-0.1, -0.05) is 6.92 Å². The van der Waals surface area contributed by atoms with Gasteiger partial charge in [-0.05, 0) is 58.6 Å². The van der Waals surface area contributed by atoms with Crippen LogP contribution in [0.2, 0.25) is 0 Å². The molecule has 3 nitrogen and oxygen atoms in total. The summed E-state index contributed by atoms with van der Waals surface area (Å²) in [7, 11) is 0. The normalized spacial score (nSPS) is 20.4. The minimum Gasteiger partial charge on any atom is -0.464 e. The molecule has 4 heteroatoms. The Hall–Kier alpha value is -1.73. The van der Waals surface area contributed by atoms with Gasteiger partial charge >= 0.3 is 0 Å². The number of nitrogens with one attached hydrogen (secondary N) is 1. The van der Waals surface area contributed by atoms with Gasteiger partial charge in [0, 0.05) is 16.1 Å². The van der Waals surface area contributed by atoms with E-state index in [0.717, 1.165) is 27.6 Å². The van der Waals surface area contributed by atoms with Crippen molar-refractivity contribution in [2.45, 2.75) is 25.8 Å². The van der Waals surface area contributed by atoms with Gasteiger partial charge in [0.25, 0.3) is 0 Å². The molecular formula is C16H15BrN2O. The Morgan fingerprint density at radius 3 is 2.85 bits per heavy atom. The number of rotatable bonds is 4. The van der Waals surface area contributed by atoms with Crippen molar-refractivity contribution in [2.75, 3.05) is 5.32 Å². The number of anilines is 1. The smallest absolute Gasteiger partial charge is 0.123 e. The summed E-state index contributed by atoms with van der Waals surface area (Å²) in [5.74, 6) is 3.42. The largest absolute Gasteiger partial charge is 0.464 e. The van der Waals surface area contributed by atoms with Crippen LogP contribution in [0.3, 0.4) is 0 Å². The molecule has 0 amide bonds. The second-order valence-corrected chi connectivity index (χ2v) is 6.14.